The van der Waals surface area contributed by atoms with Gasteiger partial charge in [-0.25, -0.2) is 9.97 Å². The number of aromatic amines is 1. The minimum Gasteiger partial charge on any atom is -0.347 e. The highest BCUT2D eigenvalue weighted by atomic mass is 15.0. The Bertz CT molecular complexity index is 985. The smallest absolute Gasteiger partial charge is 0.137 e. The van der Waals surface area contributed by atoms with Crippen LogP contribution < -0.4 is 5.32 Å². The lowest BCUT2D eigenvalue weighted by molar-refractivity contribution is 1.15. The quantitative estimate of drug-likeness (QED) is 0.562. The lowest BCUT2D eigenvalue weighted by atomic mass is 10.1. The second kappa shape index (κ2) is 7.01. The summed E-state index contributed by atoms with van der Waals surface area (Å²) in [6, 6.07) is 18.3. The Morgan fingerprint density at radius 1 is 0.960 bits per heavy atom. The summed E-state index contributed by atoms with van der Waals surface area (Å²) in [4.78, 5) is 12.0. The average Bonchev–Trinajstić information content (AvgIpc) is 3.07. The van der Waals surface area contributed by atoms with Crippen LogP contribution in [0.5, 0.6) is 0 Å². The first-order chi connectivity index (χ1) is 12.4. The largest absolute Gasteiger partial charge is 0.347 e. The van der Waals surface area contributed by atoms with Gasteiger partial charge in [0.15, 0.2) is 0 Å². The molecule has 4 nitrogen and oxygen atoms in total. The van der Waals surface area contributed by atoms with E-state index in [0.717, 1.165) is 28.8 Å². The van der Waals surface area contributed by atoms with Crippen molar-refractivity contribution < 1.29 is 0 Å². The van der Waals surface area contributed by atoms with E-state index in [9.17, 15) is 0 Å². The second-order valence-corrected chi connectivity index (χ2v) is 5.83. The molecule has 0 saturated carbocycles. The van der Waals surface area contributed by atoms with Crippen LogP contribution in [0, 0.1) is 0 Å². The standard InChI is InChI=1S/C21H18N4/c1-2-5-16(6-3-1)10-12-22-20-9-8-17(14-24-20)13-18-15-25-21-19(18)7-4-11-23-21/h1-12,14-15H,13H2,(H,22,24)(H,23,25). The number of nitrogens with zero attached hydrogens (tertiary/aromatic N) is 2. The molecule has 0 amide bonds. The lowest BCUT2D eigenvalue weighted by Gasteiger charge is -2.03. The van der Waals surface area contributed by atoms with Crippen LogP contribution in [-0.2, 0) is 6.42 Å². The summed E-state index contributed by atoms with van der Waals surface area (Å²) in [5.74, 6) is 0.830. The highest BCUT2D eigenvalue weighted by Gasteiger charge is 2.05. The van der Waals surface area contributed by atoms with Gasteiger partial charge in [-0.1, -0.05) is 36.4 Å². The van der Waals surface area contributed by atoms with Crippen LogP contribution in [0.25, 0.3) is 17.1 Å². The van der Waals surface area contributed by atoms with Crippen LogP contribution in [0.3, 0.4) is 0 Å². The molecule has 0 unspecified atom stereocenters. The first kappa shape index (κ1) is 15.1. The molecule has 0 saturated heterocycles. The molecule has 1 aromatic carbocycles. The fourth-order valence-corrected chi connectivity index (χ4v) is 2.78. The minimum absolute atomic E-state index is 0.830. The number of pyridine rings is 2. The Morgan fingerprint density at radius 3 is 2.72 bits per heavy atom. The minimum atomic E-state index is 0.830. The monoisotopic (exact) mass is 326 g/mol. The van der Waals surface area contributed by atoms with Gasteiger partial charge in [0.25, 0.3) is 0 Å². The molecule has 0 spiro atoms. The van der Waals surface area contributed by atoms with Gasteiger partial charge < -0.3 is 10.3 Å². The zero-order valence-electron chi connectivity index (χ0n) is 13.7. The van der Waals surface area contributed by atoms with Gasteiger partial charge in [-0.15, -0.1) is 0 Å². The van der Waals surface area contributed by atoms with Gasteiger partial charge in [-0.3, -0.25) is 0 Å². The van der Waals surface area contributed by atoms with Gasteiger partial charge in [-0.05, 0) is 41.0 Å². The maximum absolute atomic E-state index is 4.48. The molecule has 4 rings (SSSR count). The number of hydrogen-bond donors (Lipinski definition) is 2. The number of aromatic nitrogens is 3. The fourth-order valence-electron chi connectivity index (χ4n) is 2.78. The Balaban J connectivity index is 1.42. The van der Waals surface area contributed by atoms with Crippen molar-refractivity contribution in [3.8, 4) is 0 Å². The van der Waals surface area contributed by atoms with Crippen molar-refractivity contribution in [2.24, 2.45) is 0 Å². The topological polar surface area (TPSA) is 53.6 Å². The van der Waals surface area contributed by atoms with E-state index in [2.05, 4.69) is 44.5 Å². The second-order valence-electron chi connectivity index (χ2n) is 5.83. The maximum atomic E-state index is 4.48. The Kier molecular flexibility index (Phi) is 4.25. The van der Waals surface area contributed by atoms with Crippen LogP contribution in [0.4, 0.5) is 5.82 Å². The van der Waals surface area contributed by atoms with Crippen molar-refractivity contribution in [2.45, 2.75) is 6.42 Å². The summed E-state index contributed by atoms with van der Waals surface area (Å²) in [5, 5.41) is 4.36. The first-order valence-electron chi connectivity index (χ1n) is 8.22. The predicted molar refractivity (Wildman–Crippen MR) is 102 cm³/mol. The number of rotatable bonds is 5. The van der Waals surface area contributed by atoms with Crippen molar-refractivity contribution in [1.29, 1.82) is 0 Å². The highest BCUT2D eigenvalue weighted by Crippen LogP contribution is 2.19. The number of hydrogen-bond acceptors (Lipinski definition) is 3. The van der Waals surface area contributed by atoms with Crippen molar-refractivity contribution in [1.82, 2.24) is 15.0 Å². The lowest BCUT2D eigenvalue weighted by Crippen LogP contribution is -1.93. The Morgan fingerprint density at radius 2 is 1.88 bits per heavy atom. The Hall–Kier alpha value is -3.40. The molecule has 2 N–H and O–H groups in total. The number of nitrogens with one attached hydrogen (secondary N) is 2. The van der Waals surface area contributed by atoms with Crippen LogP contribution in [0.1, 0.15) is 16.7 Å². The molecule has 0 aliphatic heterocycles. The molecule has 0 aliphatic rings. The number of anilines is 1. The van der Waals surface area contributed by atoms with Crippen molar-refractivity contribution in [3.05, 3.63) is 96.1 Å². The molecule has 25 heavy (non-hydrogen) atoms. The zero-order chi connectivity index (χ0) is 16.9. The average molecular weight is 326 g/mol. The van der Waals surface area contributed by atoms with Gasteiger partial charge in [0.05, 0.1) is 0 Å². The van der Waals surface area contributed by atoms with Crippen LogP contribution in [0.2, 0.25) is 0 Å². The third-order valence-corrected chi connectivity index (χ3v) is 4.06. The van der Waals surface area contributed by atoms with E-state index in [1.54, 1.807) is 6.20 Å². The van der Waals surface area contributed by atoms with E-state index in [4.69, 9.17) is 0 Å². The number of fused-ring (bicyclic) bond motifs is 1. The van der Waals surface area contributed by atoms with Gasteiger partial charge in [-0.2, -0.15) is 0 Å². The van der Waals surface area contributed by atoms with E-state index in [1.807, 2.05) is 55.0 Å². The van der Waals surface area contributed by atoms with E-state index in [1.165, 1.54) is 11.1 Å². The Labute approximate surface area is 146 Å². The summed E-state index contributed by atoms with van der Waals surface area (Å²) < 4.78 is 0. The summed E-state index contributed by atoms with van der Waals surface area (Å²) in [6.45, 7) is 0. The molecule has 3 aromatic heterocycles. The predicted octanol–water partition coefficient (Wildman–Crippen LogP) is 4.63. The van der Waals surface area contributed by atoms with E-state index >= 15 is 0 Å². The molecule has 0 aliphatic carbocycles. The summed E-state index contributed by atoms with van der Waals surface area (Å²) in [6.07, 6.45) is 10.5. The maximum Gasteiger partial charge on any atom is 0.137 e. The third kappa shape index (κ3) is 3.58. The van der Waals surface area contributed by atoms with Crippen molar-refractivity contribution in [3.63, 3.8) is 0 Å². The first-order valence-corrected chi connectivity index (χ1v) is 8.22. The van der Waals surface area contributed by atoms with E-state index in [-0.39, 0.29) is 0 Å². The van der Waals surface area contributed by atoms with Crippen LogP contribution in [0.15, 0.2) is 79.4 Å². The molecule has 4 heteroatoms. The van der Waals surface area contributed by atoms with Gasteiger partial charge in [0.1, 0.15) is 11.5 Å². The third-order valence-electron chi connectivity index (χ3n) is 4.06. The number of H-pyrrole nitrogens is 1. The van der Waals surface area contributed by atoms with Gasteiger partial charge >= 0.3 is 0 Å². The molecule has 0 atom stereocenters. The molecule has 122 valence electrons. The van der Waals surface area contributed by atoms with E-state index < -0.39 is 0 Å². The molecule has 3 heterocycles. The highest BCUT2D eigenvalue weighted by molar-refractivity contribution is 5.79. The zero-order valence-corrected chi connectivity index (χ0v) is 13.7. The molecule has 0 bridgehead atoms. The molecule has 4 aromatic rings. The van der Waals surface area contributed by atoms with Crippen molar-refractivity contribution >= 4 is 22.9 Å². The molecular weight excluding hydrogens is 308 g/mol. The fraction of sp³-hybridized carbons (Fsp3) is 0.0476. The normalized spacial score (nSPS) is 11.2. The van der Waals surface area contributed by atoms with Gasteiger partial charge in [0, 0.05) is 36.6 Å². The van der Waals surface area contributed by atoms with Crippen molar-refractivity contribution in [2.75, 3.05) is 5.32 Å². The molecular formula is C21H18N4. The SMILES string of the molecule is C(=Cc1ccccc1)Nc1ccc(Cc2c[nH]c3ncccc23)cn1. The summed E-state index contributed by atoms with van der Waals surface area (Å²) in [7, 11) is 0. The number of benzene rings is 1. The molecule has 0 fully saturated rings. The van der Waals surface area contributed by atoms with Gasteiger partial charge in [0.2, 0.25) is 0 Å². The van der Waals surface area contributed by atoms with E-state index in [0.29, 0.717) is 0 Å². The summed E-state index contributed by atoms with van der Waals surface area (Å²) in [5.41, 5.74) is 4.48. The van der Waals surface area contributed by atoms with Crippen LogP contribution >= 0.6 is 0 Å². The molecule has 0 radical (unpaired) electrons. The van der Waals surface area contributed by atoms with Crippen LogP contribution in [-0.4, -0.2) is 15.0 Å². The summed E-state index contributed by atoms with van der Waals surface area (Å²) >= 11 is 0.